The van der Waals surface area contributed by atoms with Crippen molar-refractivity contribution >= 4 is 11.7 Å². The number of alkyl halides is 3. The maximum atomic E-state index is 15.3. The quantitative estimate of drug-likeness (QED) is 0.690. The second-order valence-electron chi connectivity index (χ2n) is 9.36. The Bertz CT molecular complexity index is 1040. The first-order valence-electron chi connectivity index (χ1n) is 10.7. The Morgan fingerprint density at radius 1 is 1.23 bits per heavy atom. The second kappa shape index (κ2) is 6.80. The van der Waals surface area contributed by atoms with Gasteiger partial charge in [0.25, 0.3) is 0 Å². The molecule has 1 saturated heterocycles. The monoisotopic (exact) mass is 440 g/mol. The first-order chi connectivity index (χ1) is 14.6. The largest absolute Gasteiger partial charge is 0.465 e. The van der Waals surface area contributed by atoms with Crippen molar-refractivity contribution in [1.82, 2.24) is 19.5 Å². The zero-order valence-electron chi connectivity index (χ0n) is 17.1. The van der Waals surface area contributed by atoms with Gasteiger partial charge in [-0.3, -0.25) is 0 Å². The number of carboxylic acid groups (broad SMARTS) is 1. The van der Waals surface area contributed by atoms with E-state index in [9.17, 15) is 23.1 Å². The Kier molecular flexibility index (Phi) is 4.50. The SMILES string of the molecule is Cc1cc([C@@]23C[C@@H]2CCN(C(=O)O)C3)n2nc(C3CCC(C(F)(F)F)CC3)c(F)c2n1. The number of piperidine rings is 1. The van der Waals surface area contributed by atoms with Crippen LogP contribution < -0.4 is 0 Å². The molecule has 0 unspecified atom stereocenters. The summed E-state index contributed by atoms with van der Waals surface area (Å²) in [4.78, 5) is 17.2. The third-order valence-corrected chi connectivity index (χ3v) is 7.50. The molecule has 5 rings (SSSR count). The summed E-state index contributed by atoms with van der Waals surface area (Å²) in [5.74, 6) is -1.97. The molecule has 2 aliphatic carbocycles. The first kappa shape index (κ1) is 20.5. The summed E-state index contributed by atoms with van der Waals surface area (Å²) < 4.78 is 55.8. The predicted octanol–water partition coefficient (Wildman–Crippen LogP) is 4.65. The minimum absolute atomic E-state index is 0.0274. The molecule has 3 aliphatic rings. The van der Waals surface area contributed by atoms with E-state index in [4.69, 9.17) is 0 Å². The van der Waals surface area contributed by atoms with Crippen LogP contribution in [0, 0.1) is 24.6 Å². The highest BCUT2D eigenvalue weighted by Gasteiger charge is 2.60. The van der Waals surface area contributed by atoms with Crippen LogP contribution >= 0.6 is 0 Å². The molecule has 1 amide bonds. The molecule has 0 radical (unpaired) electrons. The van der Waals surface area contributed by atoms with Crippen molar-refractivity contribution in [3.63, 3.8) is 0 Å². The molecular formula is C21H24F4N4O2. The second-order valence-corrected chi connectivity index (χ2v) is 9.36. The van der Waals surface area contributed by atoms with Crippen molar-refractivity contribution in [2.45, 2.75) is 63.0 Å². The van der Waals surface area contributed by atoms with Crippen LogP contribution in [0.3, 0.4) is 0 Å². The van der Waals surface area contributed by atoms with Gasteiger partial charge in [0.1, 0.15) is 5.69 Å². The van der Waals surface area contributed by atoms with E-state index in [1.54, 1.807) is 6.92 Å². The number of aromatic nitrogens is 3. The standard InChI is InChI=1S/C21H24F4N4O2/c1-11-8-15(20-9-14(20)6-7-28(10-20)19(30)31)29-18(26-11)16(22)17(27-29)12-2-4-13(5-3-12)21(23,24)25/h8,12-14H,2-7,9-10H2,1H3,(H,30,31)/t12?,13?,14-,20+/m0/s1. The predicted molar refractivity (Wildman–Crippen MR) is 102 cm³/mol. The minimum atomic E-state index is -4.22. The molecule has 0 bridgehead atoms. The summed E-state index contributed by atoms with van der Waals surface area (Å²) in [5, 5.41) is 14.0. The third kappa shape index (κ3) is 3.25. The lowest BCUT2D eigenvalue weighted by molar-refractivity contribution is -0.182. The lowest BCUT2D eigenvalue weighted by Crippen LogP contribution is -2.42. The van der Waals surface area contributed by atoms with Gasteiger partial charge < -0.3 is 10.0 Å². The summed E-state index contributed by atoms with van der Waals surface area (Å²) in [6.45, 7) is 2.57. The molecule has 2 saturated carbocycles. The van der Waals surface area contributed by atoms with E-state index in [-0.39, 0.29) is 42.9 Å². The van der Waals surface area contributed by atoms with Gasteiger partial charge in [0, 0.05) is 30.1 Å². The van der Waals surface area contributed by atoms with E-state index >= 15 is 4.39 Å². The molecule has 10 heteroatoms. The van der Waals surface area contributed by atoms with Crippen LogP contribution in [0.5, 0.6) is 0 Å². The fourth-order valence-corrected chi connectivity index (χ4v) is 5.68. The molecule has 168 valence electrons. The zero-order valence-corrected chi connectivity index (χ0v) is 17.1. The number of nitrogens with zero attached hydrogens (tertiary/aromatic N) is 4. The number of amides is 1. The Hall–Kier alpha value is -2.39. The number of aryl methyl sites for hydroxylation is 1. The molecule has 0 spiro atoms. The fraction of sp³-hybridized carbons (Fsp3) is 0.667. The van der Waals surface area contributed by atoms with Crippen molar-refractivity contribution in [1.29, 1.82) is 0 Å². The van der Waals surface area contributed by atoms with Crippen molar-refractivity contribution in [2.24, 2.45) is 11.8 Å². The van der Waals surface area contributed by atoms with Gasteiger partial charge in [-0.1, -0.05) is 0 Å². The molecule has 31 heavy (non-hydrogen) atoms. The van der Waals surface area contributed by atoms with E-state index in [2.05, 4.69) is 10.1 Å². The van der Waals surface area contributed by atoms with Crippen molar-refractivity contribution < 1.29 is 27.5 Å². The highest BCUT2D eigenvalue weighted by molar-refractivity contribution is 5.66. The van der Waals surface area contributed by atoms with Crippen LogP contribution in [-0.4, -0.2) is 50.0 Å². The van der Waals surface area contributed by atoms with E-state index in [1.165, 1.54) is 9.42 Å². The van der Waals surface area contributed by atoms with Crippen LogP contribution in [-0.2, 0) is 5.41 Å². The summed E-state index contributed by atoms with van der Waals surface area (Å²) in [6.07, 6.45) is -3.22. The zero-order chi connectivity index (χ0) is 22.1. The normalized spacial score (nSPS) is 31.0. The smallest absolute Gasteiger partial charge is 0.407 e. The van der Waals surface area contributed by atoms with Crippen LogP contribution in [0.25, 0.3) is 5.65 Å². The van der Waals surface area contributed by atoms with Gasteiger partial charge in [0.15, 0.2) is 11.5 Å². The van der Waals surface area contributed by atoms with Gasteiger partial charge in [-0.15, -0.1) is 0 Å². The molecule has 3 fully saturated rings. The van der Waals surface area contributed by atoms with Crippen LogP contribution in [0.2, 0.25) is 0 Å². The highest BCUT2D eigenvalue weighted by atomic mass is 19.4. The van der Waals surface area contributed by atoms with Gasteiger partial charge in [-0.25, -0.2) is 18.7 Å². The maximum absolute atomic E-state index is 15.3. The Morgan fingerprint density at radius 3 is 2.58 bits per heavy atom. The van der Waals surface area contributed by atoms with Crippen molar-refractivity contribution in [3.8, 4) is 0 Å². The number of carbonyl (C=O) groups is 1. The lowest BCUT2D eigenvalue weighted by Gasteiger charge is -2.31. The highest BCUT2D eigenvalue weighted by Crippen LogP contribution is 2.58. The molecular weight excluding hydrogens is 416 g/mol. The Balaban J connectivity index is 1.51. The molecule has 1 N–H and O–H groups in total. The van der Waals surface area contributed by atoms with Gasteiger partial charge in [0.2, 0.25) is 0 Å². The number of hydrogen-bond donors (Lipinski definition) is 1. The van der Waals surface area contributed by atoms with Crippen molar-refractivity contribution in [2.75, 3.05) is 13.1 Å². The van der Waals surface area contributed by atoms with Crippen LogP contribution in [0.1, 0.15) is 61.5 Å². The average molecular weight is 440 g/mol. The van der Waals surface area contributed by atoms with E-state index in [1.807, 2.05) is 6.07 Å². The molecule has 2 aromatic heterocycles. The molecule has 0 aromatic carbocycles. The summed E-state index contributed by atoms with van der Waals surface area (Å²) in [6, 6.07) is 1.84. The molecule has 1 aliphatic heterocycles. The Morgan fingerprint density at radius 2 is 1.94 bits per heavy atom. The van der Waals surface area contributed by atoms with E-state index < -0.39 is 29.4 Å². The van der Waals surface area contributed by atoms with Gasteiger partial charge in [0.05, 0.1) is 11.6 Å². The third-order valence-electron chi connectivity index (χ3n) is 7.50. The summed E-state index contributed by atoms with van der Waals surface area (Å²) in [5.41, 5.74) is 1.21. The average Bonchev–Trinajstić information content (AvgIpc) is 3.37. The van der Waals surface area contributed by atoms with Crippen molar-refractivity contribution in [3.05, 3.63) is 29.0 Å². The van der Waals surface area contributed by atoms with Crippen LogP contribution in [0.15, 0.2) is 6.07 Å². The van der Waals surface area contributed by atoms with E-state index in [0.717, 1.165) is 18.5 Å². The number of fused-ring (bicyclic) bond motifs is 2. The number of likely N-dealkylation sites (tertiary alicyclic amines) is 1. The van der Waals surface area contributed by atoms with Gasteiger partial charge in [-0.2, -0.15) is 18.3 Å². The summed E-state index contributed by atoms with van der Waals surface area (Å²) in [7, 11) is 0. The maximum Gasteiger partial charge on any atom is 0.407 e. The molecule has 2 aromatic rings. The Labute approximate surface area is 176 Å². The number of rotatable bonds is 2. The number of halogens is 4. The van der Waals surface area contributed by atoms with E-state index in [0.29, 0.717) is 24.7 Å². The molecule has 3 heterocycles. The van der Waals surface area contributed by atoms with Gasteiger partial charge in [-0.05, 0) is 57.4 Å². The lowest BCUT2D eigenvalue weighted by atomic mass is 9.80. The van der Waals surface area contributed by atoms with Gasteiger partial charge >= 0.3 is 12.3 Å². The first-order valence-corrected chi connectivity index (χ1v) is 10.7. The minimum Gasteiger partial charge on any atom is -0.465 e. The molecule has 2 atom stereocenters. The summed E-state index contributed by atoms with van der Waals surface area (Å²) >= 11 is 0. The number of hydrogen-bond acceptors (Lipinski definition) is 3. The van der Waals surface area contributed by atoms with Crippen LogP contribution in [0.4, 0.5) is 22.4 Å². The topological polar surface area (TPSA) is 70.7 Å². The fourth-order valence-electron chi connectivity index (χ4n) is 5.68. The molecule has 6 nitrogen and oxygen atoms in total.